The van der Waals surface area contributed by atoms with Gasteiger partial charge in [0.25, 0.3) is 0 Å². The second-order valence-corrected chi connectivity index (χ2v) is 3.16. The summed E-state index contributed by atoms with van der Waals surface area (Å²) in [5.41, 5.74) is 1.07. The summed E-state index contributed by atoms with van der Waals surface area (Å²) in [5.74, 6) is 0. The largest absolute Gasteiger partial charge is 0.368 e. The van der Waals surface area contributed by atoms with Crippen molar-refractivity contribution in [3.8, 4) is 0 Å². The Labute approximate surface area is 85.0 Å². The molecule has 1 fully saturated rings. The number of carbonyl (C=O) groups is 1. The Balaban J connectivity index is 2.55. The van der Waals surface area contributed by atoms with E-state index in [0.29, 0.717) is 0 Å². The highest BCUT2D eigenvalue weighted by molar-refractivity contribution is 5.47. The average molecular weight is 192 g/mol. The van der Waals surface area contributed by atoms with Crippen LogP contribution < -0.4 is 0 Å². The zero-order valence-electron chi connectivity index (χ0n) is 8.35. The molecule has 0 radical (unpaired) electrons. The van der Waals surface area contributed by atoms with E-state index in [4.69, 9.17) is 0 Å². The van der Waals surface area contributed by atoms with E-state index in [2.05, 4.69) is 18.1 Å². The maximum absolute atomic E-state index is 10.5. The van der Waals surface area contributed by atoms with Crippen molar-refractivity contribution in [3.05, 3.63) is 37.1 Å². The lowest BCUT2D eigenvalue weighted by molar-refractivity contribution is -0.119. The van der Waals surface area contributed by atoms with Gasteiger partial charge in [-0.3, -0.25) is 4.79 Å². The zero-order chi connectivity index (χ0) is 10.4. The number of allylic oxidation sites excluding steroid dienone is 3. The van der Waals surface area contributed by atoms with Crippen molar-refractivity contribution >= 4 is 6.41 Å². The predicted octanol–water partition coefficient (Wildman–Crippen LogP) is 1.02. The van der Waals surface area contributed by atoms with E-state index in [9.17, 15) is 4.79 Å². The smallest absolute Gasteiger partial charge is 0.209 e. The third kappa shape index (κ3) is 2.49. The van der Waals surface area contributed by atoms with Crippen LogP contribution in [0.1, 0.15) is 0 Å². The Morgan fingerprint density at radius 2 is 1.79 bits per heavy atom. The second-order valence-electron chi connectivity index (χ2n) is 3.16. The van der Waals surface area contributed by atoms with Gasteiger partial charge in [0, 0.05) is 31.9 Å². The number of hydrogen-bond donors (Lipinski definition) is 0. The molecule has 0 N–H and O–H groups in total. The lowest BCUT2D eigenvalue weighted by Gasteiger charge is -2.34. The van der Waals surface area contributed by atoms with Gasteiger partial charge in [-0.05, 0) is 12.2 Å². The van der Waals surface area contributed by atoms with Crippen LogP contribution in [0.5, 0.6) is 0 Å². The molecule has 1 aliphatic heterocycles. The first-order valence-electron chi connectivity index (χ1n) is 4.71. The van der Waals surface area contributed by atoms with Crippen LogP contribution in [-0.2, 0) is 4.79 Å². The average Bonchev–Trinajstić information content (AvgIpc) is 2.26. The molecule has 0 aromatic carbocycles. The molecule has 0 aromatic heterocycles. The fraction of sp³-hybridized carbons (Fsp3) is 0.364. The molecule has 76 valence electrons. The number of nitrogens with zero attached hydrogens (tertiary/aromatic N) is 2. The van der Waals surface area contributed by atoms with E-state index in [1.54, 1.807) is 11.0 Å². The number of carbonyl (C=O) groups excluding carboxylic acids is 1. The SMILES string of the molecule is C=C/C=C(\C=C)N1CCN(C=O)CC1. The molecule has 1 amide bonds. The first kappa shape index (κ1) is 10.6. The number of hydrogen-bond acceptors (Lipinski definition) is 2. The molecule has 1 aliphatic rings. The van der Waals surface area contributed by atoms with E-state index >= 15 is 0 Å². The van der Waals surface area contributed by atoms with Gasteiger partial charge in [-0.1, -0.05) is 19.2 Å². The zero-order valence-corrected chi connectivity index (χ0v) is 8.35. The highest BCUT2D eigenvalue weighted by Gasteiger charge is 2.15. The van der Waals surface area contributed by atoms with Gasteiger partial charge in [0.2, 0.25) is 6.41 Å². The Bertz CT molecular complexity index is 250. The van der Waals surface area contributed by atoms with Gasteiger partial charge in [-0.15, -0.1) is 0 Å². The van der Waals surface area contributed by atoms with Crippen molar-refractivity contribution in [1.29, 1.82) is 0 Å². The van der Waals surface area contributed by atoms with E-state index in [0.717, 1.165) is 38.3 Å². The van der Waals surface area contributed by atoms with Crippen molar-refractivity contribution in [2.24, 2.45) is 0 Å². The topological polar surface area (TPSA) is 23.6 Å². The molecule has 1 rings (SSSR count). The predicted molar refractivity (Wildman–Crippen MR) is 57.7 cm³/mol. The van der Waals surface area contributed by atoms with E-state index in [-0.39, 0.29) is 0 Å². The molecule has 0 bridgehead atoms. The second kappa shape index (κ2) is 5.27. The first-order chi connectivity index (χ1) is 6.81. The maximum Gasteiger partial charge on any atom is 0.209 e. The molecule has 0 unspecified atom stereocenters. The summed E-state index contributed by atoms with van der Waals surface area (Å²) in [6.07, 6.45) is 6.41. The molecular formula is C11H16N2O. The molecular weight excluding hydrogens is 176 g/mol. The lowest BCUT2D eigenvalue weighted by Crippen LogP contribution is -2.44. The summed E-state index contributed by atoms with van der Waals surface area (Å²) in [6, 6.07) is 0. The quantitative estimate of drug-likeness (QED) is 0.490. The molecule has 3 heteroatoms. The van der Waals surface area contributed by atoms with Crippen LogP contribution in [0.25, 0.3) is 0 Å². The molecule has 0 saturated carbocycles. The molecule has 0 atom stereocenters. The van der Waals surface area contributed by atoms with Crippen molar-refractivity contribution in [1.82, 2.24) is 9.80 Å². The van der Waals surface area contributed by atoms with Gasteiger partial charge in [-0.25, -0.2) is 0 Å². The van der Waals surface area contributed by atoms with E-state index in [1.165, 1.54) is 0 Å². The minimum absolute atomic E-state index is 0.784. The highest BCUT2D eigenvalue weighted by atomic mass is 16.1. The van der Waals surface area contributed by atoms with Crippen molar-refractivity contribution in [2.45, 2.75) is 0 Å². The summed E-state index contributed by atoms with van der Waals surface area (Å²) in [5, 5.41) is 0. The van der Waals surface area contributed by atoms with Gasteiger partial charge in [0.15, 0.2) is 0 Å². The third-order valence-corrected chi connectivity index (χ3v) is 2.33. The van der Waals surface area contributed by atoms with Gasteiger partial charge < -0.3 is 9.80 Å². The monoisotopic (exact) mass is 192 g/mol. The minimum atomic E-state index is 0.784. The highest BCUT2D eigenvalue weighted by Crippen LogP contribution is 2.09. The Morgan fingerprint density at radius 3 is 2.21 bits per heavy atom. The summed E-state index contributed by atoms with van der Waals surface area (Å²) < 4.78 is 0. The Hall–Kier alpha value is -1.51. The first-order valence-corrected chi connectivity index (χ1v) is 4.71. The summed E-state index contributed by atoms with van der Waals surface area (Å²) >= 11 is 0. The Morgan fingerprint density at radius 1 is 1.14 bits per heavy atom. The standard InChI is InChI=1S/C11H16N2O/c1-3-5-11(4-2)13-8-6-12(10-14)7-9-13/h3-5,10H,1-2,6-9H2/b11-5+. The maximum atomic E-state index is 10.5. The lowest BCUT2D eigenvalue weighted by atomic mass is 10.2. The van der Waals surface area contributed by atoms with Crippen molar-refractivity contribution < 1.29 is 4.79 Å². The van der Waals surface area contributed by atoms with Crippen LogP contribution in [0.2, 0.25) is 0 Å². The van der Waals surface area contributed by atoms with Gasteiger partial charge in [-0.2, -0.15) is 0 Å². The molecule has 0 spiro atoms. The van der Waals surface area contributed by atoms with Gasteiger partial charge in [0.05, 0.1) is 0 Å². The molecule has 14 heavy (non-hydrogen) atoms. The summed E-state index contributed by atoms with van der Waals surface area (Å²) in [6.45, 7) is 10.7. The molecule has 1 heterocycles. The van der Waals surface area contributed by atoms with Crippen LogP contribution in [0.4, 0.5) is 0 Å². The van der Waals surface area contributed by atoms with Crippen molar-refractivity contribution in [2.75, 3.05) is 26.2 Å². The Kier molecular flexibility index (Phi) is 3.98. The van der Waals surface area contributed by atoms with E-state index in [1.807, 2.05) is 12.2 Å². The van der Waals surface area contributed by atoms with Crippen LogP contribution in [-0.4, -0.2) is 42.4 Å². The molecule has 0 aromatic rings. The third-order valence-electron chi connectivity index (χ3n) is 2.33. The molecule has 0 aliphatic carbocycles. The minimum Gasteiger partial charge on any atom is -0.368 e. The van der Waals surface area contributed by atoms with Gasteiger partial charge >= 0.3 is 0 Å². The van der Waals surface area contributed by atoms with Gasteiger partial charge in [0.1, 0.15) is 0 Å². The molecule has 3 nitrogen and oxygen atoms in total. The van der Waals surface area contributed by atoms with Crippen LogP contribution >= 0.6 is 0 Å². The summed E-state index contributed by atoms with van der Waals surface area (Å²) in [7, 11) is 0. The van der Waals surface area contributed by atoms with Crippen LogP contribution in [0.3, 0.4) is 0 Å². The summed E-state index contributed by atoms with van der Waals surface area (Å²) in [4.78, 5) is 14.5. The van der Waals surface area contributed by atoms with Crippen LogP contribution in [0, 0.1) is 0 Å². The van der Waals surface area contributed by atoms with Crippen molar-refractivity contribution in [3.63, 3.8) is 0 Å². The number of amides is 1. The fourth-order valence-corrected chi connectivity index (χ4v) is 1.51. The van der Waals surface area contributed by atoms with Crippen LogP contribution in [0.15, 0.2) is 37.1 Å². The van der Waals surface area contributed by atoms with E-state index < -0.39 is 0 Å². The number of rotatable bonds is 4. The normalized spacial score (nSPS) is 17.9. The molecule has 1 saturated heterocycles. The fourth-order valence-electron chi connectivity index (χ4n) is 1.51. The number of piperazine rings is 1.